The molecule has 7 heteroatoms. The van der Waals surface area contributed by atoms with E-state index in [4.69, 9.17) is 4.74 Å². The summed E-state index contributed by atoms with van der Waals surface area (Å²) in [5.74, 6) is 1.03. The van der Waals surface area contributed by atoms with Gasteiger partial charge in [-0.1, -0.05) is 13.8 Å². The van der Waals surface area contributed by atoms with Gasteiger partial charge in [0, 0.05) is 25.5 Å². The number of hydrogen-bond acceptors (Lipinski definition) is 4. The van der Waals surface area contributed by atoms with Crippen LogP contribution in [0.1, 0.15) is 19.7 Å². The van der Waals surface area contributed by atoms with Crippen LogP contribution in [0.2, 0.25) is 0 Å². The van der Waals surface area contributed by atoms with Crippen molar-refractivity contribution in [3.05, 3.63) is 18.2 Å². The molecule has 3 heterocycles. The second-order valence-electron chi connectivity index (χ2n) is 5.88. The number of imidazole rings is 1. The fourth-order valence-corrected chi connectivity index (χ4v) is 2.80. The van der Waals surface area contributed by atoms with Gasteiger partial charge in [-0.2, -0.15) is 0 Å². The zero-order valence-electron chi connectivity index (χ0n) is 12.4. The topological polar surface area (TPSA) is 67.7 Å². The number of carbonyl (C=O) groups is 2. The lowest BCUT2D eigenvalue weighted by Crippen LogP contribution is -2.45. The van der Waals surface area contributed by atoms with Crippen molar-refractivity contribution in [3.8, 4) is 0 Å². The third-order valence-corrected chi connectivity index (χ3v) is 3.82. The summed E-state index contributed by atoms with van der Waals surface area (Å²) in [6.45, 7) is 6.55. The first-order valence-corrected chi connectivity index (χ1v) is 7.27. The summed E-state index contributed by atoms with van der Waals surface area (Å²) < 4.78 is 7.30. The summed E-state index contributed by atoms with van der Waals surface area (Å²) in [6.07, 6.45) is 3.59. The minimum absolute atomic E-state index is 0.182. The van der Waals surface area contributed by atoms with E-state index in [-0.39, 0.29) is 18.5 Å². The molecule has 7 nitrogen and oxygen atoms in total. The summed E-state index contributed by atoms with van der Waals surface area (Å²) in [6, 6.07) is -0.688. The highest BCUT2D eigenvalue weighted by molar-refractivity contribution is 6.04. The maximum Gasteiger partial charge on any atom is 0.328 e. The first-order chi connectivity index (χ1) is 10.1. The Balaban J connectivity index is 1.77. The standard InChI is InChI=1S/C14H20N4O3/c1-10(2)7-16-4-3-15-12(16)8-18-13(19)11-9-21-6-5-17(11)14(18)20/h3-4,10-11H,5-9H2,1-2H3. The van der Waals surface area contributed by atoms with Crippen molar-refractivity contribution in [2.75, 3.05) is 19.8 Å². The van der Waals surface area contributed by atoms with Gasteiger partial charge >= 0.3 is 6.03 Å². The van der Waals surface area contributed by atoms with E-state index >= 15 is 0 Å². The van der Waals surface area contributed by atoms with Crippen LogP contribution < -0.4 is 0 Å². The zero-order chi connectivity index (χ0) is 15.0. The van der Waals surface area contributed by atoms with Gasteiger partial charge in [0.05, 0.1) is 19.8 Å². The number of aromatic nitrogens is 2. The Labute approximate surface area is 123 Å². The lowest BCUT2D eigenvalue weighted by Gasteiger charge is -2.26. The molecule has 1 aromatic rings. The second-order valence-corrected chi connectivity index (χ2v) is 5.88. The molecule has 1 aromatic heterocycles. The van der Waals surface area contributed by atoms with E-state index in [9.17, 15) is 9.59 Å². The SMILES string of the molecule is CC(C)Cn1ccnc1CN1C(=O)C2COCCN2C1=O. The fraction of sp³-hybridized carbons (Fsp3) is 0.643. The highest BCUT2D eigenvalue weighted by atomic mass is 16.5. The molecule has 1 atom stereocenters. The Hall–Kier alpha value is -1.89. The maximum atomic E-state index is 12.4. The number of rotatable bonds is 4. The Morgan fingerprint density at radius 3 is 2.95 bits per heavy atom. The molecular formula is C14H20N4O3. The summed E-state index contributed by atoms with van der Waals surface area (Å²) >= 11 is 0. The quantitative estimate of drug-likeness (QED) is 0.766. The lowest BCUT2D eigenvalue weighted by molar-refractivity contribution is -0.131. The van der Waals surface area contributed by atoms with Crippen molar-refractivity contribution in [1.82, 2.24) is 19.4 Å². The van der Waals surface area contributed by atoms with Gasteiger partial charge in [0.1, 0.15) is 11.9 Å². The van der Waals surface area contributed by atoms with Crippen molar-refractivity contribution >= 4 is 11.9 Å². The van der Waals surface area contributed by atoms with Crippen LogP contribution in [0, 0.1) is 5.92 Å². The number of ether oxygens (including phenoxy) is 1. The molecule has 2 saturated heterocycles. The second kappa shape index (κ2) is 5.48. The van der Waals surface area contributed by atoms with Gasteiger partial charge < -0.3 is 14.2 Å². The van der Waals surface area contributed by atoms with Crippen LogP contribution >= 0.6 is 0 Å². The van der Waals surface area contributed by atoms with Gasteiger partial charge in [0.15, 0.2) is 0 Å². The molecule has 0 aliphatic carbocycles. The third kappa shape index (κ3) is 2.53. The van der Waals surface area contributed by atoms with Crippen LogP contribution in [0.5, 0.6) is 0 Å². The van der Waals surface area contributed by atoms with Gasteiger partial charge in [-0.3, -0.25) is 9.69 Å². The smallest absolute Gasteiger partial charge is 0.328 e. The number of amides is 3. The normalized spacial score (nSPS) is 22.3. The van der Waals surface area contributed by atoms with E-state index in [0.29, 0.717) is 25.7 Å². The minimum atomic E-state index is -0.459. The molecule has 0 aromatic carbocycles. The average Bonchev–Trinajstić information content (AvgIpc) is 2.98. The maximum absolute atomic E-state index is 12.4. The van der Waals surface area contributed by atoms with Crippen LogP contribution in [-0.4, -0.2) is 57.1 Å². The number of fused-ring (bicyclic) bond motifs is 1. The van der Waals surface area contributed by atoms with Crippen LogP contribution in [0.15, 0.2) is 12.4 Å². The molecule has 2 aliphatic heterocycles. The molecule has 2 fully saturated rings. The van der Waals surface area contributed by atoms with Gasteiger partial charge in [0.25, 0.3) is 5.91 Å². The van der Waals surface area contributed by atoms with E-state index in [2.05, 4.69) is 18.8 Å². The van der Waals surface area contributed by atoms with E-state index < -0.39 is 6.04 Å². The van der Waals surface area contributed by atoms with Crippen LogP contribution in [0.4, 0.5) is 4.79 Å². The molecule has 3 amide bonds. The molecule has 21 heavy (non-hydrogen) atoms. The molecule has 0 bridgehead atoms. The first kappa shape index (κ1) is 14.1. The van der Waals surface area contributed by atoms with Gasteiger partial charge in [-0.25, -0.2) is 9.78 Å². The Bertz CT molecular complexity index is 530. The number of morpholine rings is 1. The monoisotopic (exact) mass is 292 g/mol. The molecule has 0 spiro atoms. The molecule has 0 saturated carbocycles. The van der Waals surface area contributed by atoms with Crippen molar-refractivity contribution in [3.63, 3.8) is 0 Å². The van der Waals surface area contributed by atoms with Crippen molar-refractivity contribution in [1.29, 1.82) is 0 Å². The fourth-order valence-electron chi connectivity index (χ4n) is 2.80. The largest absolute Gasteiger partial charge is 0.377 e. The van der Waals surface area contributed by atoms with E-state index in [1.807, 2.05) is 10.8 Å². The van der Waals surface area contributed by atoms with Crippen molar-refractivity contribution < 1.29 is 14.3 Å². The van der Waals surface area contributed by atoms with Gasteiger partial charge in [-0.15, -0.1) is 0 Å². The number of imide groups is 1. The Morgan fingerprint density at radius 2 is 2.24 bits per heavy atom. The number of nitrogens with zero attached hydrogens (tertiary/aromatic N) is 4. The summed E-state index contributed by atoms with van der Waals surface area (Å²) in [4.78, 5) is 31.9. The molecule has 0 N–H and O–H groups in total. The number of carbonyl (C=O) groups excluding carboxylic acids is 2. The minimum Gasteiger partial charge on any atom is -0.377 e. The molecule has 2 aliphatic rings. The Morgan fingerprint density at radius 1 is 1.43 bits per heavy atom. The van der Waals surface area contributed by atoms with Crippen molar-refractivity contribution in [2.45, 2.75) is 33.0 Å². The van der Waals surface area contributed by atoms with Gasteiger partial charge in [0.2, 0.25) is 0 Å². The molecule has 1 unspecified atom stereocenters. The molecule has 114 valence electrons. The first-order valence-electron chi connectivity index (χ1n) is 7.27. The Kier molecular flexibility index (Phi) is 3.67. The highest BCUT2D eigenvalue weighted by Crippen LogP contribution is 2.22. The van der Waals surface area contributed by atoms with E-state index in [1.54, 1.807) is 11.1 Å². The summed E-state index contributed by atoms with van der Waals surface area (Å²) in [5.41, 5.74) is 0. The highest BCUT2D eigenvalue weighted by Gasteiger charge is 2.46. The molecule has 0 radical (unpaired) electrons. The zero-order valence-corrected chi connectivity index (χ0v) is 12.4. The number of urea groups is 1. The predicted molar refractivity (Wildman–Crippen MR) is 74.3 cm³/mol. The predicted octanol–water partition coefficient (Wildman–Crippen LogP) is 0.702. The molecule has 3 rings (SSSR count). The van der Waals surface area contributed by atoms with Crippen molar-refractivity contribution in [2.24, 2.45) is 5.92 Å². The van der Waals surface area contributed by atoms with Gasteiger partial charge in [-0.05, 0) is 5.92 Å². The molecular weight excluding hydrogens is 272 g/mol. The van der Waals surface area contributed by atoms with E-state index in [0.717, 1.165) is 12.4 Å². The van der Waals surface area contributed by atoms with Crippen LogP contribution in [-0.2, 0) is 22.6 Å². The summed E-state index contributed by atoms with van der Waals surface area (Å²) in [5, 5.41) is 0. The average molecular weight is 292 g/mol. The lowest BCUT2D eigenvalue weighted by atomic mass is 10.2. The third-order valence-electron chi connectivity index (χ3n) is 3.82. The van der Waals surface area contributed by atoms with Crippen LogP contribution in [0.25, 0.3) is 0 Å². The summed E-state index contributed by atoms with van der Waals surface area (Å²) in [7, 11) is 0. The number of hydrogen-bond donors (Lipinski definition) is 0. The van der Waals surface area contributed by atoms with E-state index in [1.165, 1.54) is 4.90 Å². The van der Waals surface area contributed by atoms with Crippen LogP contribution in [0.3, 0.4) is 0 Å².